The number of fused-ring (bicyclic) bond motifs is 1. The Morgan fingerprint density at radius 3 is 2.29 bits per heavy atom. The fraction of sp³-hybridized carbons (Fsp3) is 0.429. The van der Waals surface area contributed by atoms with Gasteiger partial charge in [-0.25, -0.2) is 18.3 Å². The highest BCUT2D eigenvalue weighted by Crippen LogP contribution is 2.48. The number of furan rings is 1. The molecule has 1 aliphatic rings. The second-order valence-corrected chi connectivity index (χ2v) is 11.6. The van der Waals surface area contributed by atoms with Crippen LogP contribution in [0.2, 0.25) is 0 Å². The lowest BCUT2D eigenvalue weighted by Gasteiger charge is -2.25. The molecular formula is C28H34FN3O9S. The van der Waals surface area contributed by atoms with Crippen molar-refractivity contribution in [2.45, 2.75) is 18.8 Å². The second kappa shape index (κ2) is 14.1. The zero-order valence-corrected chi connectivity index (χ0v) is 24.2. The van der Waals surface area contributed by atoms with Crippen LogP contribution in [0.3, 0.4) is 0 Å². The highest BCUT2D eigenvalue weighted by atomic mass is 32.2. The van der Waals surface area contributed by atoms with E-state index in [1.165, 1.54) is 41.1 Å². The fourth-order valence-corrected chi connectivity index (χ4v) is 5.41. The molecule has 0 atom stereocenters. The molecule has 0 unspecified atom stereocenters. The molecule has 2 amide bonds. The van der Waals surface area contributed by atoms with Crippen molar-refractivity contribution < 1.29 is 46.2 Å². The van der Waals surface area contributed by atoms with Crippen LogP contribution in [-0.4, -0.2) is 84.9 Å². The lowest BCUT2D eigenvalue weighted by atomic mass is 10.0. The smallest absolute Gasteiger partial charge is 0.269 e. The van der Waals surface area contributed by atoms with E-state index in [9.17, 15) is 22.4 Å². The third-order valence-corrected chi connectivity index (χ3v) is 7.80. The van der Waals surface area contributed by atoms with Gasteiger partial charge in [0.05, 0.1) is 57.1 Å². The van der Waals surface area contributed by atoms with Crippen LogP contribution in [0.1, 0.15) is 34.7 Å². The third kappa shape index (κ3) is 7.83. The molecule has 1 saturated carbocycles. The number of rotatable bonds is 16. The number of hydroxylamine groups is 1. The van der Waals surface area contributed by atoms with Gasteiger partial charge in [0.25, 0.3) is 11.8 Å². The Balaban J connectivity index is 1.51. The van der Waals surface area contributed by atoms with Gasteiger partial charge in [-0.05, 0) is 54.7 Å². The normalized spacial score (nSPS) is 13.3. The highest BCUT2D eigenvalue weighted by Gasteiger charge is 2.33. The first-order valence-corrected chi connectivity index (χ1v) is 15.2. The number of carbonyl (C=O) groups is 2. The zero-order chi connectivity index (χ0) is 30.3. The quantitative estimate of drug-likeness (QED) is 0.127. The number of anilines is 1. The zero-order valence-electron chi connectivity index (χ0n) is 23.4. The van der Waals surface area contributed by atoms with Gasteiger partial charge in [0.15, 0.2) is 0 Å². The lowest BCUT2D eigenvalue weighted by molar-refractivity contribution is -0.134. The number of halogens is 1. The van der Waals surface area contributed by atoms with Crippen LogP contribution in [0.25, 0.3) is 22.3 Å². The van der Waals surface area contributed by atoms with Gasteiger partial charge in [-0.1, -0.05) is 0 Å². The van der Waals surface area contributed by atoms with Gasteiger partial charge in [-0.2, -0.15) is 0 Å². The predicted octanol–water partition coefficient (Wildman–Crippen LogP) is 2.80. The number of ether oxygens (including phenoxy) is 3. The maximum Gasteiger partial charge on any atom is 0.269 e. The lowest BCUT2D eigenvalue weighted by Crippen LogP contribution is -2.34. The van der Waals surface area contributed by atoms with Crippen molar-refractivity contribution in [1.29, 1.82) is 0 Å². The summed E-state index contributed by atoms with van der Waals surface area (Å²) >= 11 is 0. The number of amides is 2. The van der Waals surface area contributed by atoms with Crippen molar-refractivity contribution in [3.8, 4) is 11.3 Å². The van der Waals surface area contributed by atoms with Gasteiger partial charge < -0.3 is 23.9 Å². The van der Waals surface area contributed by atoms with E-state index in [-0.39, 0.29) is 63.8 Å². The molecule has 0 bridgehead atoms. The topological polar surface area (TPSA) is 157 Å². The molecule has 4 rings (SSSR count). The molecule has 42 heavy (non-hydrogen) atoms. The van der Waals surface area contributed by atoms with E-state index in [0.29, 0.717) is 27.8 Å². The van der Waals surface area contributed by atoms with Gasteiger partial charge in [0.2, 0.25) is 10.0 Å². The average Bonchev–Trinajstić information content (AvgIpc) is 3.74. The molecule has 1 aromatic heterocycles. The van der Waals surface area contributed by atoms with Crippen molar-refractivity contribution in [2.24, 2.45) is 0 Å². The van der Waals surface area contributed by atoms with Crippen LogP contribution < -0.4 is 15.1 Å². The van der Waals surface area contributed by atoms with Crippen LogP contribution in [0.15, 0.2) is 40.8 Å². The minimum Gasteiger partial charge on any atom is -0.455 e. The summed E-state index contributed by atoms with van der Waals surface area (Å²) < 4.78 is 62.8. The van der Waals surface area contributed by atoms with Crippen LogP contribution in [0.5, 0.6) is 0 Å². The summed E-state index contributed by atoms with van der Waals surface area (Å²) in [6.07, 6.45) is 2.89. The molecule has 228 valence electrons. The first-order chi connectivity index (χ1) is 20.1. The Kier molecular flexibility index (Phi) is 10.5. The fourth-order valence-electron chi connectivity index (χ4n) is 4.49. The summed E-state index contributed by atoms with van der Waals surface area (Å²) in [5.41, 5.74) is 3.85. The molecule has 3 N–H and O–H groups in total. The van der Waals surface area contributed by atoms with Crippen molar-refractivity contribution in [3.05, 3.63) is 53.3 Å². The Bertz CT molecular complexity index is 1510. The summed E-state index contributed by atoms with van der Waals surface area (Å²) in [4.78, 5) is 23.8. The van der Waals surface area contributed by atoms with Crippen LogP contribution in [-0.2, 0) is 29.0 Å². The second-order valence-electron chi connectivity index (χ2n) is 9.72. The Morgan fingerprint density at radius 2 is 1.69 bits per heavy atom. The Labute approximate surface area is 242 Å². The number of benzene rings is 2. The molecular weight excluding hydrogens is 573 g/mol. The molecule has 1 heterocycles. The average molecular weight is 608 g/mol. The van der Waals surface area contributed by atoms with Crippen LogP contribution in [0, 0.1) is 5.82 Å². The monoisotopic (exact) mass is 607 g/mol. The molecule has 1 fully saturated rings. The Hall–Kier alpha value is -3.56. The molecule has 0 radical (unpaired) electrons. The van der Waals surface area contributed by atoms with E-state index in [1.807, 2.05) is 6.07 Å². The van der Waals surface area contributed by atoms with Crippen molar-refractivity contribution in [1.82, 2.24) is 10.8 Å². The third-order valence-electron chi connectivity index (χ3n) is 6.62. The SMILES string of the molecule is CNC(=O)c1c(-c2ccc(F)cc2)oc2cc(N(CCOCCOCCOCC(=O)NO)S(C)(=O)=O)c(C3CC3)cc12. The number of nitrogens with one attached hydrogen (secondary N) is 2. The molecule has 2 aromatic carbocycles. The van der Waals surface area contributed by atoms with E-state index in [4.69, 9.17) is 23.8 Å². The van der Waals surface area contributed by atoms with Crippen molar-refractivity contribution >= 4 is 38.5 Å². The van der Waals surface area contributed by atoms with E-state index in [1.54, 1.807) is 6.07 Å². The predicted molar refractivity (Wildman–Crippen MR) is 152 cm³/mol. The number of carbonyl (C=O) groups excluding carboxylic acids is 2. The maximum absolute atomic E-state index is 13.6. The van der Waals surface area contributed by atoms with Crippen LogP contribution in [0.4, 0.5) is 10.1 Å². The molecule has 14 heteroatoms. The molecule has 12 nitrogen and oxygen atoms in total. The Morgan fingerprint density at radius 1 is 1.05 bits per heavy atom. The number of hydrogen-bond donors (Lipinski definition) is 3. The summed E-state index contributed by atoms with van der Waals surface area (Å²) in [6, 6.07) is 9.07. The minimum absolute atomic E-state index is 0.0390. The van der Waals surface area contributed by atoms with Gasteiger partial charge >= 0.3 is 0 Å². The number of hydrogen-bond acceptors (Lipinski definition) is 9. The minimum atomic E-state index is -3.72. The molecule has 0 saturated heterocycles. The van der Waals surface area contributed by atoms with E-state index >= 15 is 0 Å². The summed E-state index contributed by atoms with van der Waals surface area (Å²) in [6.45, 7) is 0.644. The van der Waals surface area contributed by atoms with Gasteiger partial charge in [0.1, 0.15) is 23.8 Å². The highest BCUT2D eigenvalue weighted by molar-refractivity contribution is 7.92. The van der Waals surface area contributed by atoms with E-state index in [2.05, 4.69) is 5.32 Å². The molecule has 1 aliphatic carbocycles. The first kappa shape index (κ1) is 31.4. The first-order valence-electron chi connectivity index (χ1n) is 13.4. The summed E-state index contributed by atoms with van der Waals surface area (Å²) in [5.74, 6) is -1.06. The summed E-state index contributed by atoms with van der Waals surface area (Å²) in [5, 5.41) is 11.6. The van der Waals surface area contributed by atoms with Gasteiger partial charge in [-0.15, -0.1) is 0 Å². The maximum atomic E-state index is 13.6. The van der Waals surface area contributed by atoms with Crippen molar-refractivity contribution in [2.75, 3.05) is 63.8 Å². The molecule has 3 aromatic rings. The van der Waals surface area contributed by atoms with Crippen LogP contribution >= 0.6 is 0 Å². The van der Waals surface area contributed by atoms with E-state index in [0.717, 1.165) is 24.7 Å². The molecule has 0 aliphatic heterocycles. The van der Waals surface area contributed by atoms with Gasteiger partial charge in [0, 0.05) is 24.1 Å². The largest absolute Gasteiger partial charge is 0.455 e. The van der Waals surface area contributed by atoms with E-state index < -0.39 is 21.7 Å². The standard InChI is InChI=1S/C28H34FN3O9S/c1-30-28(34)26-22-15-21(18-3-4-18)23(16-24(22)41-27(26)19-5-7-20(29)8-6-19)32(42(2,36)37)9-10-38-11-12-39-13-14-40-17-25(33)31-35/h5-8,15-16,18,35H,3-4,9-14,17H2,1-2H3,(H,30,34)(H,31,33). The molecule has 0 spiro atoms. The van der Waals surface area contributed by atoms with Gasteiger partial charge in [-0.3, -0.25) is 19.1 Å². The number of nitrogens with zero attached hydrogens (tertiary/aromatic N) is 1. The van der Waals surface area contributed by atoms with Crippen molar-refractivity contribution in [3.63, 3.8) is 0 Å². The summed E-state index contributed by atoms with van der Waals surface area (Å²) in [7, 11) is -2.21. The number of sulfonamides is 1.